The quantitative estimate of drug-likeness (QED) is 0.677. The van der Waals surface area contributed by atoms with Gasteiger partial charge in [-0.15, -0.1) is 11.3 Å². The van der Waals surface area contributed by atoms with Crippen LogP contribution in [0.3, 0.4) is 0 Å². The summed E-state index contributed by atoms with van der Waals surface area (Å²) in [5.74, 6) is -0.748. The van der Waals surface area contributed by atoms with Crippen LogP contribution in [0.2, 0.25) is 4.34 Å². The molecule has 1 saturated heterocycles. The van der Waals surface area contributed by atoms with Gasteiger partial charge in [0.2, 0.25) is 15.9 Å². The molecule has 1 aliphatic rings. The number of nitrogens with one attached hydrogen (secondary N) is 1. The number of hydrogen-bond donors (Lipinski definition) is 2. The fraction of sp³-hybridized carbons (Fsp3) is 0.312. The topological polar surface area (TPSA) is 127 Å². The van der Waals surface area contributed by atoms with Gasteiger partial charge in [-0.2, -0.15) is 4.31 Å². The molecule has 1 aromatic heterocycles. The van der Waals surface area contributed by atoms with Crippen molar-refractivity contribution >= 4 is 54.6 Å². The smallest absolute Gasteiger partial charge is 0.253 e. The van der Waals surface area contributed by atoms with E-state index in [1.54, 1.807) is 12.1 Å². The van der Waals surface area contributed by atoms with Crippen molar-refractivity contribution in [1.29, 1.82) is 0 Å². The maximum absolute atomic E-state index is 12.8. The first kappa shape index (κ1) is 21.2. The third kappa shape index (κ3) is 4.91. The van der Waals surface area contributed by atoms with Crippen LogP contribution in [0.25, 0.3) is 0 Å². The van der Waals surface area contributed by atoms with E-state index < -0.39 is 32.0 Å². The number of thiophene rings is 1. The molecule has 3 rings (SSSR count). The Morgan fingerprint density at radius 2 is 1.86 bits per heavy atom. The number of sulfonamides is 2. The van der Waals surface area contributed by atoms with E-state index >= 15 is 0 Å². The Bertz CT molecular complexity index is 1080. The van der Waals surface area contributed by atoms with Crippen LogP contribution in [0, 0.1) is 0 Å². The lowest BCUT2D eigenvalue weighted by Gasteiger charge is -2.22. The summed E-state index contributed by atoms with van der Waals surface area (Å²) in [6.45, 7) is 0.253. The van der Waals surface area contributed by atoms with Gasteiger partial charge in [0.05, 0.1) is 10.1 Å². The minimum atomic E-state index is -3.81. The molecule has 2 heterocycles. The molecule has 1 amide bonds. The fourth-order valence-electron chi connectivity index (χ4n) is 2.98. The van der Waals surface area contributed by atoms with Gasteiger partial charge in [0.1, 0.15) is 10.3 Å². The van der Waals surface area contributed by atoms with E-state index in [1.807, 2.05) is 0 Å². The second-order valence-corrected chi connectivity index (χ2v) is 11.8. The summed E-state index contributed by atoms with van der Waals surface area (Å²) in [6, 6.07) is 8.28. The van der Waals surface area contributed by atoms with E-state index in [1.165, 1.54) is 28.6 Å². The zero-order valence-electron chi connectivity index (χ0n) is 14.5. The molecule has 0 saturated carbocycles. The molecule has 0 bridgehead atoms. The van der Waals surface area contributed by atoms with Crippen LogP contribution < -0.4 is 10.5 Å². The SMILES string of the molecule is NS(=O)(=O)Cc1ccc(NC(=O)C2CCCN2S(=O)(=O)c2ccc(Cl)s2)cc1. The minimum Gasteiger partial charge on any atom is -0.325 e. The number of carbonyl (C=O) groups excluding carboxylic acids is 1. The molecular weight excluding hydrogens is 446 g/mol. The predicted octanol–water partition coefficient (Wildman–Crippen LogP) is 1.98. The van der Waals surface area contributed by atoms with E-state index in [4.69, 9.17) is 16.7 Å². The van der Waals surface area contributed by atoms with Crippen molar-refractivity contribution < 1.29 is 21.6 Å². The number of carbonyl (C=O) groups is 1. The number of benzene rings is 1. The number of nitrogens with two attached hydrogens (primary N) is 1. The summed E-state index contributed by atoms with van der Waals surface area (Å²) in [6.07, 6.45) is 0.984. The van der Waals surface area contributed by atoms with Crippen LogP contribution in [0.5, 0.6) is 0 Å². The normalized spacial score (nSPS) is 18.3. The highest BCUT2D eigenvalue weighted by Crippen LogP contribution is 2.32. The highest BCUT2D eigenvalue weighted by atomic mass is 35.5. The van der Waals surface area contributed by atoms with Crippen molar-refractivity contribution in [2.24, 2.45) is 5.14 Å². The summed E-state index contributed by atoms with van der Waals surface area (Å²) in [4.78, 5) is 12.7. The molecule has 152 valence electrons. The van der Waals surface area contributed by atoms with Crippen molar-refractivity contribution in [2.45, 2.75) is 28.8 Å². The van der Waals surface area contributed by atoms with Crippen molar-refractivity contribution in [3.63, 3.8) is 0 Å². The van der Waals surface area contributed by atoms with Gasteiger partial charge in [0.25, 0.3) is 10.0 Å². The van der Waals surface area contributed by atoms with E-state index in [-0.39, 0.29) is 16.5 Å². The van der Waals surface area contributed by atoms with Crippen molar-refractivity contribution in [3.05, 3.63) is 46.3 Å². The summed E-state index contributed by atoms with van der Waals surface area (Å²) < 4.78 is 49.5. The van der Waals surface area contributed by atoms with Gasteiger partial charge in [-0.3, -0.25) is 4.79 Å². The van der Waals surface area contributed by atoms with Gasteiger partial charge in [0.15, 0.2) is 0 Å². The number of halogens is 1. The summed E-state index contributed by atoms with van der Waals surface area (Å²) >= 11 is 6.79. The number of hydrogen-bond acceptors (Lipinski definition) is 6. The van der Waals surface area contributed by atoms with E-state index in [0.29, 0.717) is 28.4 Å². The highest BCUT2D eigenvalue weighted by Gasteiger charge is 2.40. The Hall–Kier alpha value is -1.50. The number of primary sulfonamides is 1. The maximum Gasteiger partial charge on any atom is 0.253 e. The molecule has 28 heavy (non-hydrogen) atoms. The maximum atomic E-state index is 12.8. The number of anilines is 1. The largest absolute Gasteiger partial charge is 0.325 e. The molecule has 0 aliphatic carbocycles. The fourth-order valence-corrected chi connectivity index (χ4v) is 6.91. The van der Waals surface area contributed by atoms with Gasteiger partial charge in [0, 0.05) is 12.2 Å². The first-order valence-electron chi connectivity index (χ1n) is 8.24. The van der Waals surface area contributed by atoms with Gasteiger partial charge < -0.3 is 5.32 Å². The van der Waals surface area contributed by atoms with Crippen molar-refractivity contribution in [3.8, 4) is 0 Å². The number of amides is 1. The molecule has 12 heteroatoms. The first-order valence-corrected chi connectivity index (χ1v) is 12.6. The Labute approximate surface area is 172 Å². The lowest BCUT2D eigenvalue weighted by Crippen LogP contribution is -2.42. The second kappa shape index (κ2) is 8.09. The van der Waals surface area contributed by atoms with Crippen LogP contribution in [-0.4, -0.2) is 39.6 Å². The number of rotatable bonds is 6. The summed E-state index contributed by atoms with van der Waals surface area (Å²) in [7, 11) is -7.45. The molecule has 1 fully saturated rings. The molecule has 3 N–H and O–H groups in total. The van der Waals surface area contributed by atoms with Crippen molar-refractivity contribution in [1.82, 2.24) is 4.31 Å². The highest BCUT2D eigenvalue weighted by molar-refractivity contribution is 7.91. The zero-order valence-corrected chi connectivity index (χ0v) is 17.7. The third-order valence-corrected chi connectivity index (χ3v) is 8.55. The summed E-state index contributed by atoms with van der Waals surface area (Å²) in [5.41, 5.74) is 0.923. The lowest BCUT2D eigenvalue weighted by molar-refractivity contribution is -0.119. The van der Waals surface area contributed by atoms with Gasteiger partial charge in [-0.25, -0.2) is 22.0 Å². The molecule has 1 aliphatic heterocycles. The van der Waals surface area contributed by atoms with Crippen molar-refractivity contribution in [2.75, 3.05) is 11.9 Å². The Morgan fingerprint density at radius 1 is 1.18 bits per heavy atom. The average Bonchev–Trinajstić information content (AvgIpc) is 3.25. The molecule has 0 radical (unpaired) electrons. The van der Waals surface area contributed by atoms with Crippen LogP contribution in [0.15, 0.2) is 40.6 Å². The monoisotopic (exact) mass is 463 g/mol. The minimum absolute atomic E-state index is 0.101. The molecule has 1 atom stereocenters. The van der Waals surface area contributed by atoms with E-state index in [0.717, 1.165) is 11.3 Å². The predicted molar refractivity (Wildman–Crippen MR) is 108 cm³/mol. The standard InChI is InChI=1S/C16H18ClN3O5S3/c17-14-7-8-15(26-14)28(24,25)20-9-1-2-13(20)16(21)19-12-5-3-11(4-6-12)10-27(18,22)23/h3-8,13H,1-2,9-10H2,(H,19,21)(H2,18,22,23). The molecule has 8 nitrogen and oxygen atoms in total. The van der Waals surface area contributed by atoms with Crippen LogP contribution in [0.1, 0.15) is 18.4 Å². The second-order valence-electron chi connectivity index (χ2n) is 6.33. The Kier molecular flexibility index (Phi) is 6.13. The molecule has 1 aromatic carbocycles. The lowest BCUT2D eigenvalue weighted by atomic mass is 10.2. The van der Waals surface area contributed by atoms with Crippen LogP contribution >= 0.6 is 22.9 Å². The van der Waals surface area contributed by atoms with Gasteiger partial charge in [-0.1, -0.05) is 23.7 Å². The Balaban J connectivity index is 1.73. The molecule has 0 spiro atoms. The van der Waals surface area contributed by atoms with E-state index in [2.05, 4.69) is 5.32 Å². The number of nitrogens with zero attached hydrogens (tertiary/aromatic N) is 1. The molecule has 1 unspecified atom stereocenters. The first-order chi connectivity index (χ1) is 13.1. The molecule has 2 aromatic rings. The van der Waals surface area contributed by atoms with Crippen LogP contribution in [-0.2, 0) is 30.6 Å². The molecular formula is C16H18ClN3O5S3. The average molecular weight is 464 g/mol. The van der Waals surface area contributed by atoms with Crippen LogP contribution in [0.4, 0.5) is 5.69 Å². The van der Waals surface area contributed by atoms with Gasteiger partial charge in [-0.05, 0) is 42.7 Å². The van der Waals surface area contributed by atoms with Gasteiger partial charge >= 0.3 is 0 Å². The zero-order chi connectivity index (χ0) is 20.5. The summed E-state index contributed by atoms with van der Waals surface area (Å²) in [5, 5.41) is 7.69. The van der Waals surface area contributed by atoms with E-state index in [9.17, 15) is 21.6 Å². The third-order valence-electron chi connectivity index (χ3n) is 4.21. The Morgan fingerprint density at radius 3 is 2.43 bits per heavy atom.